The van der Waals surface area contributed by atoms with Crippen molar-refractivity contribution in [1.29, 1.82) is 0 Å². The van der Waals surface area contributed by atoms with E-state index >= 15 is 0 Å². The molecule has 10 heteroatoms. The molecule has 40 heavy (non-hydrogen) atoms. The molecular weight excluding hydrogens is 552 g/mol. The predicted molar refractivity (Wildman–Crippen MR) is 152 cm³/mol. The van der Waals surface area contributed by atoms with Crippen LogP contribution in [-0.2, 0) is 19.7 Å². The van der Waals surface area contributed by atoms with E-state index in [9.17, 15) is 22.8 Å². The second kappa shape index (κ2) is 10.8. The number of urea groups is 1. The van der Waals surface area contributed by atoms with Gasteiger partial charge in [-0.15, -0.1) is 0 Å². The Kier molecular flexibility index (Phi) is 7.25. The standard InChI is InChI=1S/C30H21ClN2O6S/c1-20-12-15-24(16-13-20)40(37,38)39-27-17-14-21(19-26(27)31)18-25-28(34)32(22-8-4-2-5-9-22)30(36)33(29(25)35)23-10-6-3-7-11-23/h2-19H,1H3. The Bertz CT molecular complexity index is 1690. The molecule has 1 aliphatic rings. The monoisotopic (exact) mass is 572 g/mol. The molecule has 0 aromatic heterocycles. The molecule has 8 nitrogen and oxygen atoms in total. The average molecular weight is 573 g/mol. The molecule has 0 unspecified atom stereocenters. The number of benzene rings is 4. The molecule has 1 saturated heterocycles. The normalized spacial score (nSPS) is 13.9. The largest absolute Gasteiger partial charge is 0.377 e. The summed E-state index contributed by atoms with van der Waals surface area (Å²) in [6.45, 7) is 1.83. The van der Waals surface area contributed by atoms with Gasteiger partial charge in [-0.2, -0.15) is 8.42 Å². The summed E-state index contributed by atoms with van der Waals surface area (Å²) in [7, 11) is -4.15. The van der Waals surface area contributed by atoms with Crippen molar-refractivity contribution in [1.82, 2.24) is 0 Å². The van der Waals surface area contributed by atoms with Crippen molar-refractivity contribution in [3.8, 4) is 5.75 Å². The number of barbiturate groups is 1. The number of imide groups is 2. The molecule has 5 rings (SSSR count). The van der Waals surface area contributed by atoms with Gasteiger partial charge in [0.05, 0.1) is 16.4 Å². The number of para-hydroxylation sites is 2. The van der Waals surface area contributed by atoms with E-state index in [4.69, 9.17) is 15.8 Å². The minimum atomic E-state index is -4.15. The first-order valence-corrected chi connectivity index (χ1v) is 13.8. The third-order valence-corrected chi connectivity index (χ3v) is 7.60. The summed E-state index contributed by atoms with van der Waals surface area (Å²) >= 11 is 6.35. The third kappa shape index (κ3) is 5.25. The number of aryl methyl sites for hydroxylation is 1. The fourth-order valence-corrected chi connectivity index (χ4v) is 5.27. The van der Waals surface area contributed by atoms with E-state index in [1.165, 1.54) is 36.4 Å². The van der Waals surface area contributed by atoms with Gasteiger partial charge in [0.2, 0.25) is 0 Å². The first-order chi connectivity index (χ1) is 19.2. The number of anilines is 2. The average Bonchev–Trinajstić information content (AvgIpc) is 2.94. The highest BCUT2D eigenvalue weighted by Gasteiger charge is 2.43. The molecule has 0 aliphatic carbocycles. The third-order valence-electron chi connectivity index (χ3n) is 6.05. The summed E-state index contributed by atoms with van der Waals surface area (Å²) in [5.74, 6) is -1.75. The van der Waals surface area contributed by atoms with Crippen molar-refractivity contribution in [3.63, 3.8) is 0 Å². The topological polar surface area (TPSA) is 101 Å². The highest BCUT2D eigenvalue weighted by Crippen LogP contribution is 2.32. The maximum absolute atomic E-state index is 13.5. The molecule has 1 aliphatic heterocycles. The van der Waals surface area contributed by atoms with Crippen LogP contribution in [0.2, 0.25) is 5.02 Å². The van der Waals surface area contributed by atoms with Crippen molar-refractivity contribution in [2.75, 3.05) is 9.80 Å². The number of halogens is 1. The molecule has 4 amide bonds. The minimum absolute atomic E-state index is 0.0366. The van der Waals surface area contributed by atoms with Crippen molar-refractivity contribution < 1.29 is 27.0 Å². The van der Waals surface area contributed by atoms with Crippen molar-refractivity contribution >= 4 is 57.0 Å². The van der Waals surface area contributed by atoms with Gasteiger partial charge >= 0.3 is 16.1 Å². The number of amides is 4. The van der Waals surface area contributed by atoms with Crippen molar-refractivity contribution in [2.24, 2.45) is 0 Å². The fourth-order valence-electron chi connectivity index (χ4n) is 4.05. The van der Waals surface area contributed by atoms with Crippen molar-refractivity contribution in [2.45, 2.75) is 11.8 Å². The SMILES string of the molecule is Cc1ccc(S(=O)(=O)Oc2ccc(C=C3C(=O)N(c4ccccc4)C(=O)N(c4ccccc4)C3=O)cc2Cl)cc1. The Balaban J connectivity index is 1.51. The Hall–Kier alpha value is -4.73. The minimum Gasteiger partial charge on any atom is -0.377 e. The summed E-state index contributed by atoms with van der Waals surface area (Å²) < 4.78 is 30.6. The highest BCUT2D eigenvalue weighted by molar-refractivity contribution is 7.87. The zero-order valence-electron chi connectivity index (χ0n) is 21.0. The van der Waals surface area contributed by atoms with E-state index in [0.717, 1.165) is 15.4 Å². The Morgan fingerprint density at radius 2 is 1.25 bits per heavy atom. The van der Waals surface area contributed by atoms with Crippen LogP contribution < -0.4 is 14.0 Å². The van der Waals surface area contributed by atoms with Crippen LogP contribution in [0.1, 0.15) is 11.1 Å². The smallest absolute Gasteiger partial charge is 0.343 e. The molecular formula is C30H21ClN2O6S. The molecule has 0 bridgehead atoms. The van der Waals surface area contributed by atoms with Crippen LogP contribution in [0.4, 0.5) is 16.2 Å². The second-order valence-corrected chi connectivity index (χ2v) is 10.8. The Morgan fingerprint density at radius 1 is 0.725 bits per heavy atom. The molecule has 0 saturated carbocycles. The fraction of sp³-hybridized carbons (Fsp3) is 0.0333. The number of carbonyl (C=O) groups excluding carboxylic acids is 3. The molecule has 0 N–H and O–H groups in total. The van der Waals surface area contributed by atoms with Gasteiger partial charge in [-0.25, -0.2) is 14.6 Å². The molecule has 1 fully saturated rings. The zero-order chi connectivity index (χ0) is 28.4. The zero-order valence-corrected chi connectivity index (χ0v) is 22.6. The summed E-state index contributed by atoms with van der Waals surface area (Å²) in [6.07, 6.45) is 1.30. The summed E-state index contributed by atoms with van der Waals surface area (Å²) in [5, 5.41) is -0.0587. The molecule has 4 aromatic rings. The summed E-state index contributed by atoms with van der Waals surface area (Å²) in [6, 6.07) is 26.0. The predicted octanol–water partition coefficient (Wildman–Crippen LogP) is 6.00. The van der Waals surface area contributed by atoms with Crippen LogP contribution in [0, 0.1) is 6.92 Å². The lowest BCUT2D eigenvalue weighted by atomic mass is 10.0. The quantitative estimate of drug-likeness (QED) is 0.160. The first kappa shape index (κ1) is 26.9. The van der Waals surface area contributed by atoms with E-state index in [2.05, 4.69) is 0 Å². The van der Waals surface area contributed by atoms with E-state index in [1.807, 2.05) is 6.92 Å². The van der Waals surface area contributed by atoms with Crippen molar-refractivity contribution in [3.05, 3.63) is 125 Å². The second-order valence-electron chi connectivity index (χ2n) is 8.83. The lowest BCUT2D eigenvalue weighted by Crippen LogP contribution is -2.57. The van der Waals surface area contributed by atoms with Gasteiger partial charge in [0.15, 0.2) is 5.75 Å². The number of hydrogen-bond donors (Lipinski definition) is 0. The highest BCUT2D eigenvalue weighted by atomic mass is 35.5. The van der Waals surface area contributed by atoms with Crippen LogP contribution in [0.15, 0.2) is 114 Å². The Labute approximate surface area is 235 Å². The molecule has 0 radical (unpaired) electrons. The van der Waals surface area contributed by atoms with Gasteiger partial charge in [-0.3, -0.25) is 9.59 Å². The van der Waals surface area contributed by atoms with Crippen LogP contribution in [0.25, 0.3) is 6.08 Å². The molecule has 0 atom stereocenters. The van der Waals surface area contributed by atoms with Gasteiger partial charge in [0.1, 0.15) is 10.5 Å². The molecule has 0 spiro atoms. The maximum atomic E-state index is 13.5. The number of hydrogen-bond acceptors (Lipinski definition) is 6. The van der Waals surface area contributed by atoms with Gasteiger partial charge in [-0.1, -0.05) is 71.8 Å². The number of carbonyl (C=O) groups is 3. The van der Waals surface area contributed by atoms with E-state index in [0.29, 0.717) is 16.9 Å². The summed E-state index contributed by atoms with van der Waals surface area (Å²) in [4.78, 5) is 42.2. The first-order valence-electron chi connectivity index (χ1n) is 12.0. The van der Waals surface area contributed by atoms with Gasteiger partial charge < -0.3 is 4.18 Å². The van der Waals surface area contributed by atoms with Crippen LogP contribution in [0.5, 0.6) is 5.75 Å². The molecule has 200 valence electrons. The number of nitrogens with zero attached hydrogens (tertiary/aromatic N) is 2. The van der Waals surface area contributed by atoms with E-state index < -0.39 is 28.0 Å². The van der Waals surface area contributed by atoms with Gasteiger partial charge in [0, 0.05) is 0 Å². The lowest BCUT2D eigenvalue weighted by Gasteiger charge is -2.33. The van der Waals surface area contributed by atoms with E-state index in [-0.39, 0.29) is 21.2 Å². The van der Waals surface area contributed by atoms with Crippen LogP contribution in [0.3, 0.4) is 0 Å². The maximum Gasteiger partial charge on any atom is 0.343 e. The Morgan fingerprint density at radius 3 is 1.75 bits per heavy atom. The molecule has 4 aromatic carbocycles. The molecule has 1 heterocycles. The lowest BCUT2D eigenvalue weighted by molar-refractivity contribution is -0.121. The van der Waals surface area contributed by atoms with Crippen LogP contribution in [-0.4, -0.2) is 26.3 Å². The van der Waals surface area contributed by atoms with Gasteiger partial charge in [0.25, 0.3) is 11.8 Å². The van der Waals surface area contributed by atoms with E-state index in [1.54, 1.807) is 72.8 Å². The summed E-state index contributed by atoms with van der Waals surface area (Å²) in [5.41, 5.74) is 1.50. The number of rotatable bonds is 6. The van der Waals surface area contributed by atoms with Gasteiger partial charge in [-0.05, 0) is 67.1 Å². The van der Waals surface area contributed by atoms with Crippen LogP contribution >= 0.6 is 11.6 Å².